The summed E-state index contributed by atoms with van der Waals surface area (Å²) >= 11 is 4.74. The summed E-state index contributed by atoms with van der Waals surface area (Å²) < 4.78 is 5.33. The maximum Gasteiger partial charge on any atom is 0.0466 e. The SMILES string of the molecule is OCCCCOCCCCS[S]. The van der Waals surface area contributed by atoms with E-state index in [2.05, 4.69) is 0 Å². The molecule has 0 saturated heterocycles. The Morgan fingerprint density at radius 1 is 1.08 bits per heavy atom. The van der Waals surface area contributed by atoms with Gasteiger partial charge in [0.2, 0.25) is 0 Å². The lowest BCUT2D eigenvalue weighted by molar-refractivity contribution is 0.122. The lowest BCUT2D eigenvalue weighted by Gasteiger charge is -2.02. The molecule has 0 aromatic carbocycles. The first-order valence-corrected chi connectivity index (χ1v) is 6.26. The Morgan fingerprint density at radius 3 is 2.33 bits per heavy atom. The van der Waals surface area contributed by atoms with Crippen molar-refractivity contribution in [2.24, 2.45) is 0 Å². The Balaban J connectivity index is 2.73. The topological polar surface area (TPSA) is 29.5 Å². The van der Waals surface area contributed by atoms with E-state index < -0.39 is 0 Å². The second kappa shape index (κ2) is 11.6. The van der Waals surface area contributed by atoms with Crippen molar-refractivity contribution < 1.29 is 9.84 Å². The van der Waals surface area contributed by atoms with Gasteiger partial charge in [-0.2, -0.15) is 0 Å². The van der Waals surface area contributed by atoms with Crippen molar-refractivity contribution in [1.82, 2.24) is 0 Å². The molecular formula is C8H17O2S2. The van der Waals surface area contributed by atoms with E-state index in [1.54, 1.807) is 0 Å². The molecule has 12 heavy (non-hydrogen) atoms. The van der Waals surface area contributed by atoms with Gasteiger partial charge >= 0.3 is 0 Å². The fraction of sp³-hybridized carbons (Fsp3) is 1.00. The molecule has 0 amide bonds. The van der Waals surface area contributed by atoms with Crippen LogP contribution in [0.1, 0.15) is 25.7 Å². The summed E-state index contributed by atoms with van der Waals surface area (Å²) in [4.78, 5) is 0. The summed E-state index contributed by atoms with van der Waals surface area (Å²) in [6.07, 6.45) is 4.06. The van der Waals surface area contributed by atoms with Gasteiger partial charge in [-0.3, -0.25) is 0 Å². The molecule has 0 aromatic heterocycles. The molecule has 0 rings (SSSR count). The Morgan fingerprint density at radius 2 is 1.75 bits per heavy atom. The van der Waals surface area contributed by atoms with Crippen molar-refractivity contribution in [2.75, 3.05) is 25.6 Å². The molecule has 0 atom stereocenters. The zero-order valence-electron chi connectivity index (χ0n) is 7.33. The van der Waals surface area contributed by atoms with Crippen LogP contribution in [0.25, 0.3) is 0 Å². The quantitative estimate of drug-likeness (QED) is 0.467. The van der Waals surface area contributed by atoms with Crippen LogP contribution in [0.3, 0.4) is 0 Å². The van der Waals surface area contributed by atoms with Crippen LogP contribution in [-0.4, -0.2) is 30.7 Å². The molecule has 0 aromatic rings. The summed E-state index contributed by atoms with van der Waals surface area (Å²) in [5, 5.41) is 8.47. The molecule has 0 fully saturated rings. The van der Waals surface area contributed by atoms with Crippen LogP contribution in [0.2, 0.25) is 0 Å². The standard InChI is InChI=1S/C8H17O2S2/c9-5-1-2-6-10-7-3-4-8-12-11/h9H,1-8H2. The lowest BCUT2D eigenvalue weighted by Crippen LogP contribution is -1.98. The predicted molar refractivity (Wildman–Crippen MR) is 56.4 cm³/mol. The minimum atomic E-state index is 0.274. The van der Waals surface area contributed by atoms with Crippen molar-refractivity contribution in [3.05, 3.63) is 0 Å². The molecule has 0 aliphatic carbocycles. The Labute approximate surface area is 83.9 Å². The van der Waals surface area contributed by atoms with Gasteiger partial charge in [0.1, 0.15) is 0 Å². The van der Waals surface area contributed by atoms with Crippen LogP contribution in [0.4, 0.5) is 0 Å². The van der Waals surface area contributed by atoms with Crippen LogP contribution >= 0.6 is 22.5 Å². The van der Waals surface area contributed by atoms with Gasteiger partial charge in [-0.1, -0.05) is 10.8 Å². The van der Waals surface area contributed by atoms with Crippen molar-refractivity contribution in [3.8, 4) is 0 Å². The highest BCUT2D eigenvalue weighted by Crippen LogP contribution is 2.07. The predicted octanol–water partition coefficient (Wildman–Crippen LogP) is 2.40. The van der Waals surface area contributed by atoms with Crippen molar-refractivity contribution in [1.29, 1.82) is 0 Å². The molecule has 4 heteroatoms. The molecule has 1 N–H and O–H groups in total. The number of aliphatic hydroxyl groups is 1. The fourth-order valence-electron chi connectivity index (χ4n) is 0.783. The zero-order chi connectivity index (χ0) is 9.07. The maximum atomic E-state index is 8.47. The van der Waals surface area contributed by atoms with Gasteiger partial charge in [-0.05, 0) is 37.3 Å². The zero-order valence-corrected chi connectivity index (χ0v) is 8.96. The number of ether oxygens (including phenoxy) is 1. The van der Waals surface area contributed by atoms with E-state index in [9.17, 15) is 0 Å². The highest BCUT2D eigenvalue weighted by molar-refractivity contribution is 8.68. The molecule has 0 unspecified atom stereocenters. The monoisotopic (exact) mass is 209 g/mol. The van der Waals surface area contributed by atoms with E-state index in [-0.39, 0.29) is 6.61 Å². The number of rotatable bonds is 9. The van der Waals surface area contributed by atoms with Gasteiger partial charge in [0.05, 0.1) is 0 Å². The number of hydrogen-bond acceptors (Lipinski definition) is 3. The van der Waals surface area contributed by atoms with E-state index in [4.69, 9.17) is 21.5 Å². The summed E-state index contributed by atoms with van der Waals surface area (Å²) in [5.41, 5.74) is 0. The third kappa shape index (κ3) is 10.6. The van der Waals surface area contributed by atoms with Gasteiger partial charge in [-0.25, -0.2) is 0 Å². The average molecular weight is 209 g/mol. The highest BCUT2D eigenvalue weighted by atomic mass is 33.1. The Bertz CT molecular complexity index is 71.5. The summed E-state index contributed by atoms with van der Waals surface area (Å²) in [5.74, 6) is 1.05. The molecule has 0 saturated carbocycles. The first-order valence-electron chi connectivity index (χ1n) is 4.35. The molecule has 0 bridgehead atoms. The molecule has 0 spiro atoms. The third-order valence-corrected chi connectivity index (χ3v) is 2.42. The van der Waals surface area contributed by atoms with Crippen LogP contribution in [0, 0.1) is 0 Å². The Hall–Kier alpha value is 0.620. The summed E-state index contributed by atoms with van der Waals surface area (Å²) in [7, 11) is 1.47. The molecule has 0 heterocycles. The normalized spacial score (nSPS) is 10.5. The highest BCUT2D eigenvalue weighted by Gasteiger charge is 1.90. The van der Waals surface area contributed by atoms with Crippen molar-refractivity contribution in [3.63, 3.8) is 0 Å². The Kier molecular flexibility index (Phi) is 12.2. The summed E-state index contributed by atoms with van der Waals surface area (Å²) in [6, 6.07) is 0. The van der Waals surface area contributed by atoms with Crippen molar-refractivity contribution >= 4 is 22.5 Å². The van der Waals surface area contributed by atoms with Crippen molar-refractivity contribution in [2.45, 2.75) is 25.7 Å². The first kappa shape index (κ1) is 12.6. The lowest BCUT2D eigenvalue weighted by atomic mass is 10.3. The second-order valence-electron chi connectivity index (χ2n) is 2.57. The average Bonchev–Trinajstić information content (AvgIpc) is 2.10. The van der Waals surface area contributed by atoms with E-state index in [0.717, 1.165) is 44.6 Å². The van der Waals surface area contributed by atoms with E-state index in [0.29, 0.717) is 0 Å². The minimum Gasteiger partial charge on any atom is -0.396 e. The maximum absolute atomic E-state index is 8.47. The molecule has 0 aliphatic heterocycles. The summed E-state index contributed by atoms with van der Waals surface area (Å²) in [6.45, 7) is 1.89. The van der Waals surface area contributed by atoms with Gasteiger partial charge in [0, 0.05) is 25.6 Å². The molecular weight excluding hydrogens is 192 g/mol. The van der Waals surface area contributed by atoms with Gasteiger partial charge in [0.15, 0.2) is 0 Å². The smallest absolute Gasteiger partial charge is 0.0466 e. The minimum absolute atomic E-state index is 0.274. The van der Waals surface area contributed by atoms with Crippen LogP contribution in [0.15, 0.2) is 0 Å². The van der Waals surface area contributed by atoms with E-state index in [1.807, 2.05) is 0 Å². The second-order valence-corrected chi connectivity index (χ2v) is 3.92. The van der Waals surface area contributed by atoms with Gasteiger partial charge in [-0.15, -0.1) is 0 Å². The van der Waals surface area contributed by atoms with Crippen LogP contribution in [0.5, 0.6) is 0 Å². The largest absolute Gasteiger partial charge is 0.396 e. The number of unbranched alkanes of at least 4 members (excludes halogenated alkanes) is 2. The van der Waals surface area contributed by atoms with E-state index >= 15 is 0 Å². The molecule has 0 aliphatic rings. The molecule has 1 radical (unpaired) electrons. The van der Waals surface area contributed by atoms with Crippen LogP contribution < -0.4 is 0 Å². The number of aliphatic hydroxyl groups excluding tert-OH is 1. The molecule has 2 nitrogen and oxygen atoms in total. The number of hydrogen-bond donors (Lipinski definition) is 1. The van der Waals surface area contributed by atoms with Gasteiger partial charge < -0.3 is 9.84 Å². The fourth-order valence-corrected chi connectivity index (χ4v) is 1.46. The first-order chi connectivity index (χ1) is 5.91. The third-order valence-electron chi connectivity index (χ3n) is 1.46. The van der Waals surface area contributed by atoms with E-state index in [1.165, 1.54) is 10.8 Å². The van der Waals surface area contributed by atoms with Crippen LogP contribution in [-0.2, 0) is 4.74 Å². The van der Waals surface area contributed by atoms with Gasteiger partial charge in [0.25, 0.3) is 0 Å². The molecule has 73 valence electrons.